The van der Waals surface area contributed by atoms with Crippen LogP contribution in [0.3, 0.4) is 0 Å². The van der Waals surface area contributed by atoms with E-state index < -0.39 is 5.97 Å². The van der Waals surface area contributed by atoms with Gasteiger partial charge in [0.1, 0.15) is 0 Å². The lowest BCUT2D eigenvalue weighted by molar-refractivity contribution is -0.136. The number of carboxylic acids is 1. The Labute approximate surface area is 126 Å². The van der Waals surface area contributed by atoms with Crippen LogP contribution < -0.4 is 0 Å². The molecule has 1 aromatic heterocycles. The average Bonchev–Trinajstić information content (AvgIpc) is 2.43. The summed E-state index contributed by atoms with van der Waals surface area (Å²) in [4.78, 5) is 15.6. The third-order valence-corrected chi connectivity index (χ3v) is 3.80. The van der Waals surface area contributed by atoms with E-state index in [1.54, 1.807) is 0 Å². The van der Waals surface area contributed by atoms with E-state index in [2.05, 4.69) is 52.0 Å². The summed E-state index contributed by atoms with van der Waals surface area (Å²) < 4.78 is 0. The molecule has 112 valence electrons. The monoisotopic (exact) mass is 285 g/mol. The number of hydrogen-bond acceptors (Lipinski definition) is 2. The van der Waals surface area contributed by atoms with Gasteiger partial charge < -0.3 is 5.11 Å². The maximum absolute atomic E-state index is 10.9. The van der Waals surface area contributed by atoms with Crippen LogP contribution in [0, 0.1) is 0 Å². The van der Waals surface area contributed by atoms with Crippen molar-refractivity contribution in [3.63, 3.8) is 0 Å². The fraction of sp³-hybridized carbons (Fsp3) is 0.444. The molecule has 0 spiro atoms. The number of carboxylic acid groups (broad SMARTS) is 1. The first kappa shape index (κ1) is 15.5. The quantitative estimate of drug-likeness (QED) is 0.880. The Bertz CT molecular complexity index is 660. The zero-order chi connectivity index (χ0) is 15.6. The molecule has 21 heavy (non-hydrogen) atoms. The van der Waals surface area contributed by atoms with Gasteiger partial charge in [-0.1, -0.05) is 33.8 Å². The molecule has 0 unspecified atom stereocenters. The van der Waals surface area contributed by atoms with E-state index in [1.165, 1.54) is 5.56 Å². The molecular formula is C18H23NO2. The maximum atomic E-state index is 10.9. The molecule has 1 heterocycles. The minimum atomic E-state index is -0.758. The molecule has 0 fully saturated rings. The van der Waals surface area contributed by atoms with Crippen LogP contribution in [0.15, 0.2) is 24.3 Å². The third-order valence-electron chi connectivity index (χ3n) is 3.80. The first-order valence-corrected chi connectivity index (χ1v) is 7.53. The molecule has 0 saturated heterocycles. The van der Waals surface area contributed by atoms with Crippen molar-refractivity contribution in [2.45, 2.75) is 52.4 Å². The summed E-state index contributed by atoms with van der Waals surface area (Å²) in [5, 5.41) is 10.0. The highest BCUT2D eigenvalue weighted by atomic mass is 16.4. The number of aryl methyl sites for hydroxylation is 1. The fourth-order valence-corrected chi connectivity index (χ4v) is 2.44. The molecule has 0 aliphatic heterocycles. The number of benzene rings is 1. The summed E-state index contributed by atoms with van der Waals surface area (Å²) in [5.41, 5.74) is 4.35. The summed E-state index contributed by atoms with van der Waals surface area (Å²) in [7, 11) is 0. The van der Waals surface area contributed by atoms with Crippen molar-refractivity contribution >= 4 is 16.9 Å². The summed E-state index contributed by atoms with van der Waals surface area (Å²) >= 11 is 0. The molecule has 0 bridgehead atoms. The lowest BCUT2D eigenvalue weighted by Gasteiger charge is -2.13. The highest BCUT2D eigenvalue weighted by Crippen LogP contribution is 2.27. The van der Waals surface area contributed by atoms with Gasteiger partial charge in [0.2, 0.25) is 0 Å². The molecule has 2 rings (SSSR count). The zero-order valence-corrected chi connectivity index (χ0v) is 13.2. The number of rotatable bonds is 5. The predicted octanol–water partition coefficient (Wildman–Crippen LogP) is 4.50. The Morgan fingerprint density at radius 2 is 1.86 bits per heavy atom. The molecule has 3 heteroatoms. The third kappa shape index (κ3) is 3.60. The van der Waals surface area contributed by atoms with Gasteiger partial charge in [-0.2, -0.15) is 0 Å². The highest BCUT2D eigenvalue weighted by Gasteiger charge is 2.11. The summed E-state index contributed by atoms with van der Waals surface area (Å²) in [5.74, 6) is 0.0281. The SMILES string of the molecule is CC(C)c1ccc2nc(C(C)C)cc(CCC(=O)O)c2c1. The van der Waals surface area contributed by atoms with Crippen molar-refractivity contribution in [1.29, 1.82) is 0 Å². The van der Waals surface area contributed by atoms with Crippen LogP contribution in [0.5, 0.6) is 0 Å². The van der Waals surface area contributed by atoms with Crippen LogP contribution in [-0.4, -0.2) is 16.1 Å². The molecule has 2 aromatic rings. The maximum Gasteiger partial charge on any atom is 0.303 e. The highest BCUT2D eigenvalue weighted by molar-refractivity contribution is 5.84. The molecule has 0 aliphatic carbocycles. The van der Waals surface area contributed by atoms with Crippen molar-refractivity contribution in [2.75, 3.05) is 0 Å². The standard InChI is InChI=1S/C18H23NO2/c1-11(2)13-5-7-16-15(9-13)14(6-8-18(20)21)10-17(19-16)12(3)4/h5,7,9-12H,6,8H2,1-4H3,(H,20,21). The zero-order valence-electron chi connectivity index (χ0n) is 13.2. The fourth-order valence-electron chi connectivity index (χ4n) is 2.44. The molecule has 0 saturated carbocycles. The van der Waals surface area contributed by atoms with Crippen molar-refractivity contribution in [1.82, 2.24) is 4.98 Å². The molecule has 0 aliphatic rings. The summed E-state index contributed by atoms with van der Waals surface area (Å²) in [6.07, 6.45) is 0.707. The van der Waals surface area contributed by atoms with Crippen LogP contribution in [0.2, 0.25) is 0 Å². The molecule has 0 amide bonds. The number of fused-ring (bicyclic) bond motifs is 1. The second-order valence-electron chi connectivity index (χ2n) is 6.19. The molecule has 0 radical (unpaired) electrons. The Kier molecular flexibility index (Phi) is 4.61. The number of nitrogens with zero attached hydrogens (tertiary/aromatic N) is 1. The topological polar surface area (TPSA) is 50.2 Å². The van der Waals surface area contributed by atoms with E-state index in [-0.39, 0.29) is 6.42 Å². The molecule has 1 N–H and O–H groups in total. The van der Waals surface area contributed by atoms with Gasteiger partial charge in [-0.3, -0.25) is 9.78 Å². The number of carbonyl (C=O) groups is 1. The molecule has 0 atom stereocenters. The number of hydrogen-bond donors (Lipinski definition) is 1. The lowest BCUT2D eigenvalue weighted by Crippen LogP contribution is -2.02. The minimum Gasteiger partial charge on any atom is -0.481 e. The van der Waals surface area contributed by atoms with E-state index in [4.69, 9.17) is 10.1 Å². The first-order valence-electron chi connectivity index (χ1n) is 7.53. The van der Waals surface area contributed by atoms with Gasteiger partial charge >= 0.3 is 5.97 Å². The van der Waals surface area contributed by atoms with Crippen molar-refractivity contribution in [3.8, 4) is 0 Å². The van der Waals surface area contributed by atoms with Gasteiger partial charge in [-0.05, 0) is 47.6 Å². The van der Waals surface area contributed by atoms with Gasteiger partial charge in [-0.15, -0.1) is 0 Å². The van der Waals surface area contributed by atoms with Gasteiger partial charge in [0.25, 0.3) is 0 Å². The summed E-state index contributed by atoms with van der Waals surface area (Å²) in [6.45, 7) is 8.54. The summed E-state index contributed by atoms with van der Waals surface area (Å²) in [6, 6.07) is 8.40. The van der Waals surface area contributed by atoms with E-state index >= 15 is 0 Å². The van der Waals surface area contributed by atoms with Gasteiger partial charge in [0.15, 0.2) is 0 Å². The molecule has 3 nitrogen and oxygen atoms in total. The molecular weight excluding hydrogens is 262 g/mol. The number of aromatic nitrogens is 1. The van der Waals surface area contributed by atoms with Crippen LogP contribution in [0.4, 0.5) is 0 Å². The first-order chi connectivity index (χ1) is 9.88. The van der Waals surface area contributed by atoms with Crippen molar-refractivity contribution < 1.29 is 9.90 Å². The Hall–Kier alpha value is -1.90. The largest absolute Gasteiger partial charge is 0.481 e. The van der Waals surface area contributed by atoms with Gasteiger partial charge in [0.05, 0.1) is 5.52 Å². The second kappa shape index (κ2) is 6.25. The predicted molar refractivity (Wildman–Crippen MR) is 85.9 cm³/mol. The van der Waals surface area contributed by atoms with Crippen molar-refractivity contribution in [3.05, 3.63) is 41.1 Å². The molecule has 1 aromatic carbocycles. The van der Waals surface area contributed by atoms with Crippen LogP contribution >= 0.6 is 0 Å². The Morgan fingerprint density at radius 1 is 1.14 bits per heavy atom. The average molecular weight is 285 g/mol. The van der Waals surface area contributed by atoms with Crippen LogP contribution in [0.25, 0.3) is 10.9 Å². The normalized spacial score (nSPS) is 11.5. The van der Waals surface area contributed by atoms with E-state index in [9.17, 15) is 4.79 Å². The second-order valence-corrected chi connectivity index (χ2v) is 6.19. The van der Waals surface area contributed by atoms with Gasteiger partial charge in [0, 0.05) is 17.5 Å². The van der Waals surface area contributed by atoms with Crippen LogP contribution in [-0.2, 0) is 11.2 Å². The number of pyridine rings is 1. The Morgan fingerprint density at radius 3 is 2.43 bits per heavy atom. The number of aliphatic carboxylic acids is 1. The Balaban J connectivity index is 2.57. The smallest absolute Gasteiger partial charge is 0.303 e. The van der Waals surface area contributed by atoms with Crippen molar-refractivity contribution in [2.24, 2.45) is 0 Å². The van der Waals surface area contributed by atoms with Gasteiger partial charge in [-0.25, -0.2) is 0 Å². The lowest BCUT2D eigenvalue weighted by atomic mass is 9.95. The van der Waals surface area contributed by atoms with Crippen LogP contribution in [0.1, 0.15) is 62.8 Å². The minimum absolute atomic E-state index is 0.155. The van der Waals surface area contributed by atoms with E-state index in [1.807, 2.05) is 0 Å². The van der Waals surface area contributed by atoms with E-state index in [0.29, 0.717) is 18.3 Å². The van der Waals surface area contributed by atoms with E-state index in [0.717, 1.165) is 22.2 Å².